The summed E-state index contributed by atoms with van der Waals surface area (Å²) in [5.74, 6) is 0.0462. The number of hydrogen-bond donors (Lipinski definition) is 1. The van der Waals surface area contributed by atoms with Crippen molar-refractivity contribution in [3.05, 3.63) is 47.5 Å². The van der Waals surface area contributed by atoms with Gasteiger partial charge in [0.25, 0.3) is 0 Å². The minimum absolute atomic E-state index is 0.0462. The predicted octanol–water partition coefficient (Wildman–Crippen LogP) is 2.92. The molecule has 0 heterocycles. The summed E-state index contributed by atoms with van der Waals surface area (Å²) in [7, 11) is 0. The molecule has 0 atom stereocenters. The Balaban J connectivity index is 2.33. The molecule has 0 bridgehead atoms. The van der Waals surface area contributed by atoms with Crippen LogP contribution in [-0.4, -0.2) is 5.91 Å². The average molecular weight is 224 g/mol. The summed E-state index contributed by atoms with van der Waals surface area (Å²) >= 11 is 5.74. The molecule has 0 aliphatic heterocycles. The number of allylic oxidation sites excluding steroid dienone is 1. The highest BCUT2D eigenvalue weighted by atomic mass is 35.5. The zero-order valence-corrected chi connectivity index (χ0v) is 9.26. The van der Waals surface area contributed by atoms with Gasteiger partial charge in [0.1, 0.15) is 0 Å². The smallest absolute Gasteiger partial charge is 0.220 e. The van der Waals surface area contributed by atoms with Crippen molar-refractivity contribution in [1.29, 1.82) is 0 Å². The Bertz CT molecular complexity index is 332. The van der Waals surface area contributed by atoms with Crippen LogP contribution in [0.5, 0.6) is 0 Å². The number of amides is 1. The summed E-state index contributed by atoms with van der Waals surface area (Å²) < 4.78 is 0. The number of nitrogens with one attached hydrogen (secondary N) is 1. The van der Waals surface area contributed by atoms with E-state index in [1.54, 1.807) is 6.08 Å². The molecular weight excluding hydrogens is 210 g/mol. The monoisotopic (exact) mass is 223 g/mol. The van der Waals surface area contributed by atoms with E-state index in [-0.39, 0.29) is 5.91 Å². The SMILES string of the molecule is C=CCCC(=O)NCc1ccc(Cl)cc1. The van der Waals surface area contributed by atoms with Crippen LogP contribution in [-0.2, 0) is 11.3 Å². The van der Waals surface area contributed by atoms with Crippen LogP contribution >= 0.6 is 11.6 Å². The van der Waals surface area contributed by atoms with Gasteiger partial charge in [0.2, 0.25) is 5.91 Å². The Labute approximate surface area is 94.9 Å². The third-order valence-electron chi connectivity index (χ3n) is 1.98. The van der Waals surface area contributed by atoms with Crippen LogP contribution in [0.2, 0.25) is 5.02 Å². The molecule has 1 aromatic rings. The number of benzene rings is 1. The molecule has 0 aliphatic rings. The first-order valence-corrected chi connectivity index (χ1v) is 5.22. The van der Waals surface area contributed by atoms with Gasteiger partial charge in [0.15, 0.2) is 0 Å². The number of carbonyl (C=O) groups excluding carboxylic acids is 1. The van der Waals surface area contributed by atoms with Gasteiger partial charge in [-0.15, -0.1) is 6.58 Å². The maximum atomic E-state index is 11.3. The fourth-order valence-corrected chi connectivity index (χ4v) is 1.25. The first kappa shape index (κ1) is 11.8. The summed E-state index contributed by atoms with van der Waals surface area (Å²) in [6, 6.07) is 7.42. The molecule has 0 unspecified atom stereocenters. The van der Waals surface area contributed by atoms with E-state index in [2.05, 4.69) is 11.9 Å². The van der Waals surface area contributed by atoms with Crippen molar-refractivity contribution in [2.75, 3.05) is 0 Å². The quantitative estimate of drug-likeness (QED) is 0.765. The van der Waals surface area contributed by atoms with Crippen molar-refractivity contribution < 1.29 is 4.79 Å². The summed E-state index contributed by atoms with van der Waals surface area (Å²) in [5, 5.41) is 3.53. The number of carbonyl (C=O) groups is 1. The molecule has 0 aromatic heterocycles. The Hall–Kier alpha value is -1.28. The molecule has 1 N–H and O–H groups in total. The van der Waals surface area contributed by atoms with Crippen molar-refractivity contribution in [1.82, 2.24) is 5.32 Å². The maximum absolute atomic E-state index is 11.3. The molecule has 80 valence electrons. The Morgan fingerprint density at radius 3 is 2.67 bits per heavy atom. The third kappa shape index (κ3) is 4.66. The topological polar surface area (TPSA) is 29.1 Å². The second kappa shape index (κ2) is 6.25. The first-order valence-electron chi connectivity index (χ1n) is 4.84. The Morgan fingerprint density at radius 1 is 1.40 bits per heavy atom. The van der Waals surface area contributed by atoms with Gasteiger partial charge in [-0.25, -0.2) is 0 Å². The van der Waals surface area contributed by atoms with E-state index in [0.29, 0.717) is 24.4 Å². The highest BCUT2D eigenvalue weighted by Gasteiger charge is 1.99. The van der Waals surface area contributed by atoms with Gasteiger partial charge >= 0.3 is 0 Å². The number of hydrogen-bond acceptors (Lipinski definition) is 1. The lowest BCUT2D eigenvalue weighted by molar-refractivity contribution is -0.121. The molecule has 15 heavy (non-hydrogen) atoms. The van der Waals surface area contributed by atoms with Crippen molar-refractivity contribution in [3.63, 3.8) is 0 Å². The summed E-state index contributed by atoms with van der Waals surface area (Å²) in [6.07, 6.45) is 2.95. The van der Waals surface area contributed by atoms with E-state index in [9.17, 15) is 4.79 Å². The lowest BCUT2D eigenvalue weighted by atomic mass is 10.2. The lowest BCUT2D eigenvalue weighted by Gasteiger charge is -2.04. The van der Waals surface area contributed by atoms with Crippen LogP contribution in [0, 0.1) is 0 Å². The molecule has 0 spiro atoms. The zero-order valence-electron chi connectivity index (χ0n) is 8.50. The van der Waals surface area contributed by atoms with Gasteiger partial charge in [-0.1, -0.05) is 29.8 Å². The third-order valence-corrected chi connectivity index (χ3v) is 2.23. The second-order valence-electron chi connectivity index (χ2n) is 3.23. The Kier molecular flexibility index (Phi) is 4.91. The van der Waals surface area contributed by atoms with Crippen LogP contribution in [0.1, 0.15) is 18.4 Å². The molecule has 2 nitrogen and oxygen atoms in total. The van der Waals surface area contributed by atoms with E-state index in [1.165, 1.54) is 0 Å². The van der Waals surface area contributed by atoms with Gasteiger partial charge in [0.05, 0.1) is 0 Å². The molecule has 1 aromatic carbocycles. The number of rotatable bonds is 5. The van der Waals surface area contributed by atoms with E-state index >= 15 is 0 Å². The second-order valence-corrected chi connectivity index (χ2v) is 3.67. The minimum Gasteiger partial charge on any atom is -0.352 e. The van der Waals surface area contributed by atoms with Crippen molar-refractivity contribution >= 4 is 17.5 Å². The van der Waals surface area contributed by atoms with Crippen molar-refractivity contribution in [2.24, 2.45) is 0 Å². The molecule has 3 heteroatoms. The molecule has 0 saturated heterocycles. The normalized spacial score (nSPS) is 9.67. The fourth-order valence-electron chi connectivity index (χ4n) is 1.12. The molecule has 0 aliphatic carbocycles. The van der Waals surface area contributed by atoms with E-state index in [0.717, 1.165) is 5.56 Å². The average Bonchev–Trinajstić information content (AvgIpc) is 2.25. The van der Waals surface area contributed by atoms with Gasteiger partial charge < -0.3 is 5.32 Å². The predicted molar refractivity (Wildman–Crippen MR) is 62.7 cm³/mol. The van der Waals surface area contributed by atoms with Gasteiger partial charge in [0, 0.05) is 18.0 Å². The maximum Gasteiger partial charge on any atom is 0.220 e. The summed E-state index contributed by atoms with van der Waals surface area (Å²) in [5.41, 5.74) is 1.05. The standard InChI is InChI=1S/C12H14ClNO/c1-2-3-4-12(15)14-9-10-5-7-11(13)8-6-10/h2,5-8H,1,3-4,9H2,(H,14,15). The van der Waals surface area contributed by atoms with E-state index in [1.807, 2.05) is 24.3 Å². The van der Waals surface area contributed by atoms with Crippen LogP contribution in [0.3, 0.4) is 0 Å². The molecule has 0 radical (unpaired) electrons. The van der Waals surface area contributed by atoms with Gasteiger partial charge in [-0.2, -0.15) is 0 Å². The largest absolute Gasteiger partial charge is 0.352 e. The molecule has 0 saturated carbocycles. The Morgan fingerprint density at radius 2 is 2.07 bits per heavy atom. The van der Waals surface area contributed by atoms with Crippen LogP contribution < -0.4 is 5.32 Å². The van der Waals surface area contributed by atoms with Crippen LogP contribution in [0.15, 0.2) is 36.9 Å². The molecular formula is C12H14ClNO. The fraction of sp³-hybridized carbons (Fsp3) is 0.250. The van der Waals surface area contributed by atoms with Gasteiger partial charge in [-0.05, 0) is 24.1 Å². The highest BCUT2D eigenvalue weighted by Crippen LogP contribution is 2.09. The van der Waals surface area contributed by atoms with Crippen LogP contribution in [0.4, 0.5) is 0 Å². The minimum atomic E-state index is 0.0462. The molecule has 0 fully saturated rings. The van der Waals surface area contributed by atoms with E-state index in [4.69, 9.17) is 11.6 Å². The van der Waals surface area contributed by atoms with Gasteiger partial charge in [-0.3, -0.25) is 4.79 Å². The van der Waals surface area contributed by atoms with Crippen LogP contribution in [0.25, 0.3) is 0 Å². The molecule has 1 amide bonds. The highest BCUT2D eigenvalue weighted by molar-refractivity contribution is 6.30. The summed E-state index contributed by atoms with van der Waals surface area (Å²) in [6.45, 7) is 4.11. The van der Waals surface area contributed by atoms with Crippen molar-refractivity contribution in [3.8, 4) is 0 Å². The lowest BCUT2D eigenvalue weighted by Crippen LogP contribution is -2.22. The number of halogens is 1. The van der Waals surface area contributed by atoms with Crippen molar-refractivity contribution in [2.45, 2.75) is 19.4 Å². The first-order chi connectivity index (χ1) is 7.22. The zero-order chi connectivity index (χ0) is 11.1. The van der Waals surface area contributed by atoms with E-state index < -0.39 is 0 Å². The summed E-state index contributed by atoms with van der Waals surface area (Å²) in [4.78, 5) is 11.3. The molecule has 1 rings (SSSR count).